The van der Waals surface area contributed by atoms with Crippen molar-refractivity contribution in [1.29, 1.82) is 0 Å². The van der Waals surface area contributed by atoms with Crippen molar-refractivity contribution in [3.63, 3.8) is 0 Å². The molecule has 1 N–H and O–H groups in total. The first-order valence-electron chi connectivity index (χ1n) is 9.00. The Balaban J connectivity index is 1.88. The van der Waals surface area contributed by atoms with Crippen LogP contribution in [0, 0.1) is 0 Å². The number of methoxy groups -OCH3 is 1. The number of benzene rings is 2. The van der Waals surface area contributed by atoms with E-state index in [2.05, 4.69) is 5.32 Å². The molecule has 2 aromatic carbocycles. The van der Waals surface area contributed by atoms with E-state index in [0.717, 1.165) is 5.56 Å². The molecule has 0 aliphatic rings. The minimum atomic E-state index is -0.280. The Morgan fingerprint density at radius 1 is 1.07 bits per heavy atom. The van der Waals surface area contributed by atoms with E-state index in [1.165, 1.54) is 7.11 Å². The first kappa shape index (κ1) is 21.6. The van der Waals surface area contributed by atoms with Crippen molar-refractivity contribution in [3.05, 3.63) is 52.5 Å². The minimum Gasteiger partial charge on any atom is -0.493 e. The number of hydrogen-bond donors (Lipinski definition) is 1. The average molecular weight is 406 g/mol. The second kappa shape index (κ2) is 10.6. The number of carbonyl (C=O) groups is 2. The van der Waals surface area contributed by atoms with Crippen LogP contribution in [0.25, 0.3) is 0 Å². The SMILES string of the molecule is CCOc1c(Cl)cc(CNC(=O)COc2ccc(C(=O)CC)cc2)cc1OC. The standard InChI is InChI=1S/C21H24ClNO5/c1-4-18(24)15-6-8-16(9-7-15)28-13-20(25)23-12-14-10-17(22)21(27-5-2)19(11-14)26-3/h6-11H,4-5,12-13H2,1-3H3,(H,23,25). The van der Waals surface area contributed by atoms with Gasteiger partial charge in [0.05, 0.1) is 18.7 Å². The van der Waals surface area contributed by atoms with Crippen LogP contribution < -0.4 is 19.5 Å². The molecule has 7 heteroatoms. The van der Waals surface area contributed by atoms with Crippen LogP contribution in [0.5, 0.6) is 17.2 Å². The van der Waals surface area contributed by atoms with Crippen molar-refractivity contribution < 1.29 is 23.8 Å². The van der Waals surface area contributed by atoms with Crippen LogP contribution in [0.3, 0.4) is 0 Å². The largest absolute Gasteiger partial charge is 0.493 e. The van der Waals surface area contributed by atoms with E-state index in [1.54, 1.807) is 36.4 Å². The van der Waals surface area contributed by atoms with E-state index in [-0.39, 0.29) is 24.8 Å². The van der Waals surface area contributed by atoms with Gasteiger partial charge in [-0.05, 0) is 48.9 Å². The summed E-state index contributed by atoms with van der Waals surface area (Å²) in [5, 5.41) is 3.18. The molecule has 0 saturated carbocycles. The maximum atomic E-state index is 12.0. The quantitative estimate of drug-likeness (QED) is 0.604. The van der Waals surface area contributed by atoms with Gasteiger partial charge in [-0.2, -0.15) is 0 Å². The maximum absolute atomic E-state index is 12.0. The predicted octanol–water partition coefficient (Wildman–Crippen LogP) is 4.04. The number of ketones is 1. The molecule has 28 heavy (non-hydrogen) atoms. The smallest absolute Gasteiger partial charge is 0.258 e. The zero-order valence-corrected chi connectivity index (χ0v) is 17.0. The van der Waals surface area contributed by atoms with Crippen molar-refractivity contribution in [1.82, 2.24) is 5.32 Å². The number of ether oxygens (including phenoxy) is 3. The van der Waals surface area contributed by atoms with Gasteiger partial charge >= 0.3 is 0 Å². The summed E-state index contributed by atoms with van der Waals surface area (Å²) in [5.41, 5.74) is 1.40. The maximum Gasteiger partial charge on any atom is 0.258 e. The van der Waals surface area contributed by atoms with Crippen LogP contribution in [0.2, 0.25) is 5.02 Å². The number of carbonyl (C=O) groups excluding carboxylic acids is 2. The monoisotopic (exact) mass is 405 g/mol. The average Bonchev–Trinajstić information content (AvgIpc) is 2.72. The first-order chi connectivity index (χ1) is 13.5. The number of amides is 1. The molecule has 0 saturated heterocycles. The van der Waals surface area contributed by atoms with Gasteiger partial charge in [0.2, 0.25) is 0 Å². The van der Waals surface area contributed by atoms with E-state index >= 15 is 0 Å². The van der Waals surface area contributed by atoms with Crippen molar-refractivity contribution >= 4 is 23.3 Å². The molecular weight excluding hydrogens is 382 g/mol. The van der Waals surface area contributed by atoms with Gasteiger partial charge in [0.15, 0.2) is 23.9 Å². The summed E-state index contributed by atoms with van der Waals surface area (Å²) in [6, 6.07) is 10.2. The van der Waals surface area contributed by atoms with Gasteiger partial charge < -0.3 is 19.5 Å². The normalized spacial score (nSPS) is 10.3. The highest BCUT2D eigenvalue weighted by molar-refractivity contribution is 6.32. The fourth-order valence-corrected chi connectivity index (χ4v) is 2.79. The lowest BCUT2D eigenvalue weighted by Crippen LogP contribution is -2.28. The summed E-state index contributed by atoms with van der Waals surface area (Å²) in [6.07, 6.45) is 0.447. The molecule has 0 aliphatic heterocycles. The number of hydrogen-bond acceptors (Lipinski definition) is 5. The molecule has 0 fully saturated rings. The molecular formula is C21H24ClNO5. The highest BCUT2D eigenvalue weighted by Gasteiger charge is 2.12. The Labute approximate surface area is 169 Å². The number of rotatable bonds is 10. The topological polar surface area (TPSA) is 73.9 Å². The van der Waals surface area contributed by atoms with Crippen LogP contribution in [-0.4, -0.2) is 32.0 Å². The molecule has 0 aromatic heterocycles. The molecule has 1 amide bonds. The van der Waals surface area contributed by atoms with Crippen LogP contribution >= 0.6 is 11.6 Å². The molecule has 0 radical (unpaired) electrons. The van der Waals surface area contributed by atoms with Gasteiger partial charge in [-0.3, -0.25) is 9.59 Å². The van der Waals surface area contributed by atoms with Crippen LogP contribution in [0.4, 0.5) is 0 Å². The third-order valence-electron chi connectivity index (χ3n) is 3.93. The van der Waals surface area contributed by atoms with Gasteiger partial charge in [-0.1, -0.05) is 18.5 Å². The first-order valence-corrected chi connectivity index (χ1v) is 9.38. The minimum absolute atomic E-state index is 0.0636. The van der Waals surface area contributed by atoms with E-state index in [4.69, 9.17) is 25.8 Å². The molecule has 0 bridgehead atoms. The second-order valence-corrected chi connectivity index (χ2v) is 6.32. The van der Waals surface area contributed by atoms with Gasteiger partial charge in [-0.15, -0.1) is 0 Å². The molecule has 0 spiro atoms. The van der Waals surface area contributed by atoms with Crippen molar-refractivity contribution in [2.45, 2.75) is 26.8 Å². The van der Waals surface area contributed by atoms with E-state index in [1.807, 2.05) is 13.8 Å². The molecule has 2 aromatic rings. The molecule has 0 atom stereocenters. The van der Waals surface area contributed by atoms with E-state index in [0.29, 0.717) is 40.9 Å². The van der Waals surface area contributed by atoms with Crippen molar-refractivity contribution in [2.24, 2.45) is 0 Å². The van der Waals surface area contributed by atoms with Gasteiger partial charge in [0.1, 0.15) is 5.75 Å². The zero-order valence-electron chi connectivity index (χ0n) is 16.2. The lowest BCUT2D eigenvalue weighted by atomic mass is 10.1. The number of nitrogens with one attached hydrogen (secondary N) is 1. The summed E-state index contributed by atoms with van der Waals surface area (Å²) in [6.45, 7) is 4.28. The highest BCUT2D eigenvalue weighted by Crippen LogP contribution is 2.36. The van der Waals surface area contributed by atoms with Gasteiger partial charge in [0, 0.05) is 18.5 Å². The third kappa shape index (κ3) is 5.89. The third-order valence-corrected chi connectivity index (χ3v) is 4.22. The van der Waals surface area contributed by atoms with Gasteiger partial charge in [-0.25, -0.2) is 0 Å². The Kier molecular flexibility index (Phi) is 8.14. The van der Waals surface area contributed by atoms with E-state index < -0.39 is 0 Å². The zero-order chi connectivity index (χ0) is 20.5. The van der Waals surface area contributed by atoms with E-state index in [9.17, 15) is 9.59 Å². The van der Waals surface area contributed by atoms with Crippen molar-refractivity contribution in [2.75, 3.05) is 20.3 Å². The number of halogens is 1. The molecule has 150 valence electrons. The van der Waals surface area contributed by atoms with Crippen molar-refractivity contribution in [3.8, 4) is 17.2 Å². The Morgan fingerprint density at radius 3 is 2.39 bits per heavy atom. The summed E-state index contributed by atoms with van der Waals surface area (Å²) in [7, 11) is 1.53. The Bertz CT molecular complexity index is 820. The van der Waals surface area contributed by atoms with Gasteiger partial charge in [0.25, 0.3) is 5.91 Å². The highest BCUT2D eigenvalue weighted by atomic mass is 35.5. The molecule has 0 aliphatic carbocycles. The fourth-order valence-electron chi connectivity index (χ4n) is 2.50. The summed E-state index contributed by atoms with van der Waals surface area (Å²) < 4.78 is 16.2. The molecule has 0 heterocycles. The van der Waals surface area contributed by atoms with Crippen LogP contribution in [-0.2, 0) is 11.3 Å². The summed E-state index contributed by atoms with van der Waals surface area (Å²) >= 11 is 6.23. The lowest BCUT2D eigenvalue weighted by Gasteiger charge is -2.13. The Morgan fingerprint density at radius 2 is 1.79 bits per heavy atom. The van der Waals surface area contributed by atoms with Crippen LogP contribution in [0.15, 0.2) is 36.4 Å². The summed E-state index contributed by atoms with van der Waals surface area (Å²) in [5.74, 6) is 1.30. The molecule has 0 unspecified atom stereocenters. The fraction of sp³-hybridized carbons (Fsp3) is 0.333. The summed E-state index contributed by atoms with van der Waals surface area (Å²) in [4.78, 5) is 23.6. The molecule has 6 nitrogen and oxygen atoms in total. The second-order valence-electron chi connectivity index (χ2n) is 5.91. The predicted molar refractivity (Wildman–Crippen MR) is 108 cm³/mol. The van der Waals surface area contributed by atoms with Crippen LogP contribution in [0.1, 0.15) is 36.2 Å². The molecule has 2 rings (SSSR count). The number of Topliss-reactive ketones (excluding diaryl/α,β-unsaturated/α-hetero) is 1. The lowest BCUT2D eigenvalue weighted by molar-refractivity contribution is -0.123. The Hall–Kier alpha value is -2.73.